The number of furan rings is 1. The van der Waals surface area contributed by atoms with Crippen molar-refractivity contribution in [1.82, 2.24) is 20.1 Å². The van der Waals surface area contributed by atoms with E-state index in [1.54, 1.807) is 25.4 Å². The minimum atomic E-state index is -0.0608. The smallest absolute Gasteiger partial charge is 0.289 e. The molecule has 0 spiro atoms. The zero-order valence-corrected chi connectivity index (χ0v) is 19.0. The fourth-order valence-electron chi connectivity index (χ4n) is 4.33. The third kappa shape index (κ3) is 5.60. The van der Waals surface area contributed by atoms with Crippen molar-refractivity contribution < 1.29 is 13.9 Å². The van der Waals surface area contributed by atoms with E-state index in [-0.39, 0.29) is 12.0 Å². The van der Waals surface area contributed by atoms with Gasteiger partial charge in [0.25, 0.3) is 5.91 Å². The van der Waals surface area contributed by atoms with Crippen molar-refractivity contribution >= 4 is 11.9 Å². The Morgan fingerprint density at radius 1 is 1.19 bits per heavy atom. The second kappa shape index (κ2) is 10.5. The maximum absolute atomic E-state index is 12.5. The Balaban J connectivity index is 1.26. The number of carbonyl (C=O) groups is 1. The molecule has 1 aliphatic heterocycles. The van der Waals surface area contributed by atoms with Crippen molar-refractivity contribution in [2.45, 2.75) is 45.3 Å². The lowest BCUT2D eigenvalue weighted by molar-refractivity contribution is 0.0657. The lowest BCUT2D eigenvalue weighted by Crippen LogP contribution is -2.53. The molecule has 172 valence electrons. The molecule has 3 heterocycles. The highest BCUT2D eigenvalue weighted by Gasteiger charge is 2.25. The Morgan fingerprint density at radius 2 is 1.94 bits per heavy atom. The second-order valence-electron chi connectivity index (χ2n) is 8.66. The average Bonchev–Trinajstić information content (AvgIpc) is 3.36. The van der Waals surface area contributed by atoms with Crippen LogP contribution in [0.25, 0.3) is 0 Å². The Morgan fingerprint density at radius 3 is 2.62 bits per heavy atom. The number of rotatable bonds is 5. The van der Waals surface area contributed by atoms with Crippen LogP contribution in [0.5, 0.6) is 5.88 Å². The van der Waals surface area contributed by atoms with Gasteiger partial charge in [-0.25, -0.2) is 4.98 Å². The number of aromatic nitrogens is 1. The number of aliphatic imine (C=N–C) groups is 1. The maximum Gasteiger partial charge on any atom is 0.289 e. The van der Waals surface area contributed by atoms with Gasteiger partial charge in [-0.05, 0) is 55.4 Å². The molecule has 32 heavy (non-hydrogen) atoms. The largest absolute Gasteiger partial charge is 0.474 e. The van der Waals surface area contributed by atoms with Crippen LogP contribution in [0.2, 0.25) is 0 Å². The molecule has 8 nitrogen and oxygen atoms in total. The Hall–Kier alpha value is -3.03. The molecule has 1 saturated carbocycles. The molecule has 0 unspecified atom stereocenters. The van der Waals surface area contributed by atoms with Crippen LogP contribution in [0, 0.1) is 5.92 Å². The monoisotopic (exact) mass is 439 g/mol. The summed E-state index contributed by atoms with van der Waals surface area (Å²) in [5, 5.41) is 3.43. The third-order valence-electron chi connectivity index (χ3n) is 6.31. The first kappa shape index (κ1) is 22.2. The molecule has 0 bridgehead atoms. The Labute approximate surface area is 189 Å². The molecule has 1 saturated heterocycles. The van der Waals surface area contributed by atoms with Crippen molar-refractivity contribution in [1.29, 1.82) is 0 Å². The summed E-state index contributed by atoms with van der Waals surface area (Å²) in [6.45, 7) is 5.65. The van der Waals surface area contributed by atoms with Crippen LogP contribution in [0.3, 0.4) is 0 Å². The van der Waals surface area contributed by atoms with Crippen LogP contribution in [0.4, 0.5) is 0 Å². The third-order valence-corrected chi connectivity index (χ3v) is 6.31. The summed E-state index contributed by atoms with van der Waals surface area (Å²) in [7, 11) is 1.79. The molecule has 2 fully saturated rings. The number of nitrogens with one attached hydrogen (secondary N) is 1. The number of guanidine groups is 1. The fourth-order valence-corrected chi connectivity index (χ4v) is 4.33. The second-order valence-corrected chi connectivity index (χ2v) is 8.66. The zero-order valence-electron chi connectivity index (χ0n) is 19.0. The van der Waals surface area contributed by atoms with Gasteiger partial charge in [-0.1, -0.05) is 6.92 Å². The summed E-state index contributed by atoms with van der Waals surface area (Å²) >= 11 is 0. The van der Waals surface area contributed by atoms with Gasteiger partial charge >= 0.3 is 0 Å². The van der Waals surface area contributed by atoms with Crippen LogP contribution in [0.1, 0.15) is 48.7 Å². The molecule has 2 aliphatic rings. The van der Waals surface area contributed by atoms with E-state index < -0.39 is 0 Å². The molecule has 1 aliphatic carbocycles. The molecular weight excluding hydrogens is 406 g/mol. The van der Waals surface area contributed by atoms with Gasteiger partial charge in [0.15, 0.2) is 11.7 Å². The Kier molecular flexibility index (Phi) is 7.29. The molecule has 2 aromatic rings. The lowest BCUT2D eigenvalue weighted by atomic mass is 9.89. The molecule has 4 rings (SSSR count). The van der Waals surface area contributed by atoms with E-state index in [9.17, 15) is 4.79 Å². The summed E-state index contributed by atoms with van der Waals surface area (Å²) in [5.41, 5.74) is 1.10. The van der Waals surface area contributed by atoms with E-state index in [0.717, 1.165) is 43.4 Å². The van der Waals surface area contributed by atoms with E-state index >= 15 is 0 Å². The number of ether oxygens (including phenoxy) is 1. The number of hydrogen-bond donors (Lipinski definition) is 1. The minimum absolute atomic E-state index is 0.0608. The van der Waals surface area contributed by atoms with Gasteiger partial charge in [0.05, 0.1) is 6.26 Å². The number of piperazine rings is 1. The van der Waals surface area contributed by atoms with E-state index in [1.807, 2.05) is 17.0 Å². The summed E-state index contributed by atoms with van der Waals surface area (Å²) in [4.78, 5) is 25.3. The predicted molar refractivity (Wildman–Crippen MR) is 123 cm³/mol. The zero-order chi connectivity index (χ0) is 22.3. The fraction of sp³-hybridized carbons (Fsp3) is 0.542. The first-order chi connectivity index (χ1) is 15.6. The van der Waals surface area contributed by atoms with Gasteiger partial charge in [-0.3, -0.25) is 9.79 Å². The first-order valence-corrected chi connectivity index (χ1v) is 11.5. The van der Waals surface area contributed by atoms with Crippen LogP contribution in [-0.2, 0) is 6.54 Å². The van der Waals surface area contributed by atoms with Gasteiger partial charge in [0.2, 0.25) is 5.88 Å². The number of amides is 1. The van der Waals surface area contributed by atoms with E-state index in [4.69, 9.17) is 9.15 Å². The highest BCUT2D eigenvalue weighted by molar-refractivity contribution is 5.91. The van der Waals surface area contributed by atoms with Gasteiger partial charge in [-0.15, -0.1) is 0 Å². The molecule has 0 atom stereocenters. The lowest BCUT2D eigenvalue weighted by Gasteiger charge is -2.36. The summed E-state index contributed by atoms with van der Waals surface area (Å²) in [6.07, 6.45) is 8.26. The van der Waals surface area contributed by atoms with Gasteiger partial charge < -0.3 is 24.3 Å². The summed E-state index contributed by atoms with van der Waals surface area (Å²) in [6, 6.07) is 7.45. The van der Waals surface area contributed by atoms with Gasteiger partial charge in [-0.2, -0.15) is 0 Å². The highest BCUT2D eigenvalue weighted by atomic mass is 16.5. The van der Waals surface area contributed by atoms with Crippen molar-refractivity contribution in [3.8, 4) is 5.88 Å². The molecule has 1 amide bonds. The van der Waals surface area contributed by atoms with Crippen molar-refractivity contribution in [3.63, 3.8) is 0 Å². The summed E-state index contributed by atoms with van der Waals surface area (Å²) < 4.78 is 11.4. The highest BCUT2D eigenvalue weighted by Crippen LogP contribution is 2.26. The van der Waals surface area contributed by atoms with E-state index in [2.05, 4.69) is 27.1 Å². The van der Waals surface area contributed by atoms with Crippen molar-refractivity contribution in [3.05, 3.63) is 48.0 Å². The van der Waals surface area contributed by atoms with Crippen LogP contribution < -0.4 is 10.1 Å². The molecule has 8 heteroatoms. The first-order valence-electron chi connectivity index (χ1n) is 11.5. The number of carbonyl (C=O) groups excluding carboxylic acids is 1. The van der Waals surface area contributed by atoms with Crippen molar-refractivity contribution in [2.75, 3.05) is 33.2 Å². The number of pyridine rings is 1. The molecule has 0 aromatic carbocycles. The molecule has 2 aromatic heterocycles. The predicted octanol–water partition coefficient (Wildman–Crippen LogP) is 3.17. The minimum Gasteiger partial charge on any atom is -0.474 e. The molecule has 0 radical (unpaired) electrons. The Bertz CT molecular complexity index is 898. The van der Waals surface area contributed by atoms with Crippen LogP contribution in [-0.4, -0.2) is 66.0 Å². The van der Waals surface area contributed by atoms with Crippen molar-refractivity contribution in [2.24, 2.45) is 10.9 Å². The van der Waals surface area contributed by atoms with Crippen LogP contribution in [0.15, 0.2) is 46.1 Å². The van der Waals surface area contributed by atoms with E-state index in [1.165, 1.54) is 19.1 Å². The van der Waals surface area contributed by atoms with Crippen LogP contribution >= 0.6 is 0 Å². The standard InChI is InChI=1S/C24H33N5O3/c1-18-5-7-20(8-6-18)32-22-16-19(9-10-26-22)17-27-24(25-2)29-13-11-28(12-14-29)23(30)21-4-3-15-31-21/h3-4,9-10,15-16,18,20H,5-8,11-14,17H2,1-2H3,(H,25,27). The topological polar surface area (TPSA) is 83.2 Å². The normalized spacial score (nSPS) is 22.0. The molecule has 1 N–H and O–H groups in total. The average molecular weight is 440 g/mol. The van der Waals surface area contributed by atoms with Gasteiger partial charge in [0, 0.05) is 52.0 Å². The quantitative estimate of drug-likeness (QED) is 0.569. The molecular formula is C24H33N5O3. The number of hydrogen-bond acceptors (Lipinski definition) is 5. The SMILES string of the molecule is CN=C(NCc1ccnc(OC2CCC(C)CC2)c1)N1CCN(C(=O)c2ccco2)CC1. The van der Waals surface area contributed by atoms with Gasteiger partial charge in [0.1, 0.15) is 6.10 Å². The van der Waals surface area contributed by atoms with E-state index in [0.29, 0.717) is 31.3 Å². The number of nitrogens with zero attached hydrogens (tertiary/aromatic N) is 4. The summed E-state index contributed by atoms with van der Waals surface area (Å²) in [5.74, 6) is 2.66. The maximum atomic E-state index is 12.5.